The van der Waals surface area contributed by atoms with Crippen molar-refractivity contribution >= 4 is 33.8 Å². The number of aromatic nitrogens is 2. The third-order valence-corrected chi connectivity index (χ3v) is 3.48. The minimum absolute atomic E-state index is 0.0244. The minimum atomic E-state index is -0.0244. The van der Waals surface area contributed by atoms with Crippen molar-refractivity contribution in [2.45, 2.75) is 19.9 Å². The Labute approximate surface area is 96.0 Å². The molecule has 0 aromatic carbocycles. The third kappa shape index (κ3) is 1.85. The SMILES string of the molecule is CCCn1c(=S)sc2ncccc2c1=O. The molecule has 2 aromatic rings. The molecule has 0 bridgehead atoms. The van der Waals surface area contributed by atoms with E-state index >= 15 is 0 Å². The van der Waals surface area contributed by atoms with E-state index in [4.69, 9.17) is 12.2 Å². The highest BCUT2D eigenvalue weighted by Crippen LogP contribution is 2.13. The Hall–Kier alpha value is -1.07. The summed E-state index contributed by atoms with van der Waals surface area (Å²) in [7, 11) is 0. The fourth-order valence-electron chi connectivity index (χ4n) is 1.42. The largest absolute Gasteiger partial charge is 0.290 e. The molecule has 0 amide bonds. The van der Waals surface area contributed by atoms with Gasteiger partial charge in [0.2, 0.25) is 0 Å². The zero-order valence-electron chi connectivity index (χ0n) is 8.27. The zero-order chi connectivity index (χ0) is 10.8. The van der Waals surface area contributed by atoms with Crippen LogP contribution in [0.4, 0.5) is 0 Å². The van der Waals surface area contributed by atoms with Crippen molar-refractivity contribution in [1.29, 1.82) is 0 Å². The van der Waals surface area contributed by atoms with E-state index < -0.39 is 0 Å². The van der Waals surface area contributed by atoms with Gasteiger partial charge in [0.25, 0.3) is 5.56 Å². The summed E-state index contributed by atoms with van der Waals surface area (Å²) >= 11 is 6.56. The summed E-state index contributed by atoms with van der Waals surface area (Å²) in [6.45, 7) is 2.71. The van der Waals surface area contributed by atoms with E-state index in [1.54, 1.807) is 22.9 Å². The highest BCUT2D eigenvalue weighted by Gasteiger charge is 2.04. The molecule has 2 aromatic heterocycles. The van der Waals surface area contributed by atoms with Gasteiger partial charge in [0, 0.05) is 12.7 Å². The Morgan fingerprint density at radius 2 is 2.40 bits per heavy atom. The van der Waals surface area contributed by atoms with Gasteiger partial charge in [-0.2, -0.15) is 0 Å². The maximum atomic E-state index is 12.0. The van der Waals surface area contributed by atoms with Crippen molar-refractivity contribution in [3.63, 3.8) is 0 Å². The molecule has 0 fully saturated rings. The summed E-state index contributed by atoms with van der Waals surface area (Å²) in [5.74, 6) is 0. The number of nitrogens with zero attached hydrogens (tertiary/aromatic N) is 2. The molecule has 2 rings (SSSR count). The number of fused-ring (bicyclic) bond motifs is 1. The van der Waals surface area contributed by atoms with E-state index in [1.165, 1.54) is 11.3 Å². The molecule has 0 saturated carbocycles. The fraction of sp³-hybridized carbons (Fsp3) is 0.300. The first-order valence-corrected chi connectivity index (χ1v) is 5.95. The molecule has 3 nitrogen and oxygen atoms in total. The molecular weight excluding hydrogens is 228 g/mol. The lowest BCUT2D eigenvalue weighted by Crippen LogP contribution is -2.19. The summed E-state index contributed by atoms with van der Waals surface area (Å²) in [4.78, 5) is 16.9. The molecule has 0 aliphatic carbocycles. The first-order valence-electron chi connectivity index (χ1n) is 4.72. The lowest BCUT2D eigenvalue weighted by atomic mass is 10.3. The topological polar surface area (TPSA) is 34.9 Å². The van der Waals surface area contributed by atoms with Gasteiger partial charge in [-0.25, -0.2) is 4.98 Å². The van der Waals surface area contributed by atoms with Crippen molar-refractivity contribution in [3.05, 3.63) is 32.6 Å². The van der Waals surface area contributed by atoms with Crippen LogP contribution in [0.5, 0.6) is 0 Å². The van der Waals surface area contributed by atoms with Crippen molar-refractivity contribution in [2.75, 3.05) is 0 Å². The Balaban J connectivity index is 2.85. The van der Waals surface area contributed by atoms with Gasteiger partial charge in [0.05, 0.1) is 5.39 Å². The van der Waals surface area contributed by atoms with E-state index in [0.717, 1.165) is 11.3 Å². The standard InChI is InChI=1S/C10H10N2OS2/c1-2-6-12-9(13)7-4-3-5-11-8(7)15-10(12)14/h3-5H,2,6H2,1H3. The van der Waals surface area contributed by atoms with Crippen LogP contribution in [-0.4, -0.2) is 9.55 Å². The Kier molecular flexibility index (Phi) is 2.93. The zero-order valence-corrected chi connectivity index (χ0v) is 9.90. The predicted molar refractivity (Wildman–Crippen MR) is 65.0 cm³/mol. The molecule has 0 saturated heterocycles. The summed E-state index contributed by atoms with van der Waals surface area (Å²) in [6.07, 6.45) is 2.58. The second kappa shape index (κ2) is 4.20. The van der Waals surface area contributed by atoms with E-state index in [9.17, 15) is 4.79 Å². The molecule has 0 N–H and O–H groups in total. The highest BCUT2D eigenvalue weighted by molar-refractivity contribution is 7.73. The van der Waals surface area contributed by atoms with E-state index in [-0.39, 0.29) is 5.56 Å². The number of pyridine rings is 1. The van der Waals surface area contributed by atoms with Crippen molar-refractivity contribution < 1.29 is 0 Å². The van der Waals surface area contributed by atoms with Crippen molar-refractivity contribution in [2.24, 2.45) is 0 Å². The number of hydrogen-bond donors (Lipinski definition) is 0. The quantitative estimate of drug-likeness (QED) is 0.754. The molecule has 0 aliphatic heterocycles. The summed E-state index contributed by atoms with van der Waals surface area (Å²) in [6, 6.07) is 3.57. The van der Waals surface area contributed by atoms with Crippen LogP contribution in [0.1, 0.15) is 13.3 Å². The predicted octanol–water partition coefficient (Wildman–Crippen LogP) is 2.60. The summed E-state index contributed by atoms with van der Waals surface area (Å²) in [5, 5.41) is 0.657. The van der Waals surface area contributed by atoms with Crippen molar-refractivity contribution in [3.8, 4) is 0 Å². The van der Waals surface area contributed by atoms with Crippen LogP contribution < -0.4 is 5.56 Å². The molecular formula is C10H10N2OS2. The monoisotopic (exact) mass is 238 g/mol. The molecule has 5 heteroatoms. The molecule has 0 radical (unpaired) electrons. The second-order valence-electron chi connectivity index (χ2n) is 3.18. The lowest BCUT2D eigenvalue weighted by Gasteiger charge is -2.04. The minimum Gasteiger partial charge on any atom is -0.290 e. The maximum Gasteiger partial charge on any atom is 0.262 e. The van der Waals surface area contributed by atoms with Gasteiger partial charge >= 0.3 is 0 Å². The van der Waals surface area contributed by atoms with Gasteiger partial charge in [0.1, 0.15) is 4.83 Å². The van der Waals surface area contributed by atoms with Gasteiger partial charge in [-0.3, -0.25) is 9.36 Å². The molecule has 78 valence electrons. The average Bonchev–Trinajstić information content (AvgIpc) is 2.24. The average molecular weight is 238 g/mol. The summed E-state index contributed by atoms with van der Waals surface area (Å²) < 4.78 is 2.25. The Morgan fingerprint density at radius 3 is 3.13 bits per heavy atom. The molecule has 2 heterocycles. The van der Waals surface area contributed by atoms with Crippen LogP contribution >= 0.6 is 23.6 Å². The van der Waals surface area contributed by atoms with Crippen LogP contribution in [0.15, 0.2) is 23.1 Å². The van der Waals surface area contributed by atoms with Crippen LogP contribution in [-0.2, 0) is 6.54 Å². The van der Waals surface area contributed by atoms with E-state index in [1.807, 2.05) is 6.92 Å². The molecule has 0 atom stereocenters. The highest BCUT2D eigenvalue weighted by atomic mass is 32.1. The molecule has 0 spiro atoms. The molecule has 15 heavy (non-hydrogen) atoms. The first kappa shape index (κ1) is 10.4. The van der Waals surface area contributed by atoms with Gasteiger partial charge in [-0.1, -0.05) is 18.3 Å². The number of hydrogen-bond acceptors (Lipinski definition) is 4. The first-order chi connectivity index (χ1) is 7.24. The smallest absolute Gasteiger partial charge is 0.262 e. The van der Waals surface area contributed by atoms with Crippen LogP contribution in [0, 0.1) is 3.95 Å². The molecule has 0 aliphatic rings. The normalized spacial score (nSPS) is 10.7. The molecule has 0 unspecified atom stereocenters. The Morgan fingerprint density at radius 1 is 1.60 bits per heavy atom. The van der Waals surface area contributed by atoms with E-state index in [2.05, 4.69) is 4.98 Å². The lowest BCUT2D eigenvalue weighted by molar-refractivity contribution is 0.659. The Bertz CT molecular complexity index is 600. The fourth-order valence-corrected chi connectivity index (χ4v) is 2.66. The van der Waals surface area contributed by atoms with Gasteiger partial charge < -0.3 is 0 Å². The van der Waals surface area contributed by atoms with E-state index in [0.29, 0.717) is 15.9 Å². The van der Waals surface area contributed by atoms with Gasteiger partial charge in [-0.15, -0.1) is 0 Å². The van der Waals surface area contributed by atoms with Crippen molar-refractivity contribution in [1.82, 2.24) is 9.55 Å². The third-order valence-electron chi connectivity index (χ3n) is 2.10. The van der Waals surface area contributed by atoms with Crippen LogP contribution in [0.25, 0.3) is 10.2 Å². The van der Waals surface area contributed by atoms with Gasteiger partial charge in [0.15, 0.2) is 3.95 Å². The van der Waals surface area contributed by atoms with Crippen LogP contribution in [0.2, 0.25) is 0 Å². The van der Waals surface area contributed by atoms with Crippen LogP contribution in [0.3, 0.4) is 0 Å². The number of rotatable bonds is 2. The maximum absolute atomic E-state index is 12.0. The summed E-state index contributed by atoms with van der Waals surface area (Å²) in [5.41, 5.74) is -0.0244. The second-order valence-corrected chi connectivity index (χ2v) is 4.80. The van der Waals surface area contributed by atoms with Gasteiger partial charge in [-0.05, 0) is 30.8 Å².